The van der Waals surface area contributed by atoms with Crippen LogP contribution in [0.25, 0.3) is 0 Å². The zero-order valence-electron chi connectivity index (χ0n) is 19.3. The van der Waals surface area contributed by atoms with Gasteiger partial charge in [0.1, 0.15) is 18.1 Å². The molecule has 13 heteroatoms. The van der Waals surface area contributed by atoms with E-state index in [4.69, 9.17) is 11.1 Å². The smallest absolute Gasteiger partial charge is 0.251 e. The molecule has 13 nitrogen and oxygen atoms in total. The van der Waals surface area contributed by atoms with E-state index in [2.05, 4.69) is 21.3 Å². The number of nitrogens with one attached hydrogen (secondary N) is 5. The van der Waals surface area contributed by atoms with Crippen LogP contribution in [0.4, 0.5) is 0 Å². The number of hydrogen-bond acceptors (Lipinski definition) is 7. The number of carbonyl (C=O) groups excluding carboxylic acids is 5. The van der Waals surface area contributed by atoms with Crippen LogP contribution in [0.2, 0.25) is 0 Å². The van der Waals surface area contributed by atoms with E-state index in [0.29, 0.717) is 32.4 Å². The normalized spacial score (nSPS) is 17.1. The van der Waals surface area contributed by atoms with Crippen LogP contribution in [0.15, 0.2) is 0 Å². The molecule has 3 atom stereocenters. The average Bonchev–Trinajstić information content (AvgIpc) is 3.22. The summed E-state index contributed by atoms with van der Waals surface area (Å²) in [5.41, 5.74) is 5.23. The Kier molecular flexibility index (Phi) is 11.3. The number of rotatable bonds is 11. The number of guanidine groups is 1. The minimum absolute atomic E-state index is 0.203. The summed E-state index contributed by atoms with van der Waals surface area (Å²) in [5.74, 6) is -3.51. The van der Waals surface area contributed by atoms with Crippen LogP contribution in [-0.4, -0.2) is 83.3 Å². The second kappa shape index (κ2) is 13.4. The zero-order chi connectivity index (χ0) is 25.1. The highest BCUT2D eigenvalue weighted by Gasteiger charge is 2.38. The van der Waals surface area contributed by atoms with Gasteiger partial charge in [0.2, 0.25) is 23.6 Å². The van der Waals surface area contributed by atoms with Gasteiger partial charge in [-0.25, -0.2) is 0 Å². The van der Waals surface area contributed by atoms with Gasteiger partial charge < -0.3 is 31.7 Å². The fourth-order valence-electron chi connectivity index (χ4n) is 3.35. The van der Waals surface area contributed by atoms with Crippen molar-refractivity contribution in [1.29, 1.82) is 5.41 Å². The molecule has 1 aliphatic heterocycles. The summed E-state index contributed by atoms with van der Waals surface area (Å²) in [6, 6.07) is -3.10. The Bertz CT molecular complexity index is 757. The van der Waals surface area contributed by atoms with Crippen LogP contribution in [0, 0.1) is 11.3 Å². The highest BCUT2D eigenvalue weighted by molar-refractivity contribution is 6.00. The number of hydrogen-bond donors (Lipinski definition) is 7. The molecule has 0 saturated carbocycles. The van der Waals surface area contributed by atoms with E-state index < -0.39 is 60.2 Å². The highest BCUT2D eigenvalue weighted by atomic mass is 16.3. The lowest BCUT2D eigenvalue weighted by molar-refractivity contribution is -0.142. The first-order valence-corrected chi connectivity index (χ1v) is 10.9. The first kappa shape index (κ1) is 27.8. The van der Waals surface area contributed by atoms with Crippen molar-refractivity contribution in [1.82, 2.24) is 26.2 Å². The van der Waals surface area contributed by atoms with Crippen LogP contribution < -0.4 is 27.0 Å². The Morgan fingerprint density at radius 2 is 1.79 bits per heavy atom. The lowest BCUT2D eigenvalue weighted by Gasteiger charge is -2.29. The first-order valence-electron chi connectivity index (χ1n) is 10.9. The molecule has 1 aliphatic rings. The topological polar surface area (TPSA) is 207 Å². The number of carbonyl (C=O) groups is 5. The van der Waals surface area contributed by atoms with E-state index >= 15 is 0 Å². The second-order valence-corrected chi connectivity index (χ2v) is 8.18. The second-order valence-electron chi connectivity index (χ2n) is 8.18. The summed E-state index contributed by atoms with van der Waals surface area (Å²) >= 11 is 0. The van der Waals surface area contributed by atoms with Gasteiger partial charge in [0.15, 0.2) is 5.96 Å². The van der Waals surface area contributed by atoms with Gasteiger partial charge in [-0.3, -0.25) is 34.7 Å². The summed E-state index contributed by atoms with van der Waals surface area (Å²) in [6.07, 6.45) is 1.60. The molecule has 1 rings (SSSR count). The molecule has 1 fully saturated rings. The standard InChI is InChI=1S/C20H35N7O6/c1-11(2)16(30)26-17(31)14(10-28)25-18(32)15-7-5-9-27(15)19(33)13(24-12(3)29)6-4-8-23-20(21)22/h11,13-15,28H,4-10H2,1-3H3,(H,24,29)(H,25,32)(H4,21,22,23)(H,26,30,31)/t13-,14-,15-/m0/s1. The Morgan fingerprint density at radius 3 is 2.33 bits per heavy atom. The molecular formula is C20H35N7O6. The molecule has 186 valence electrons. The molecule has 0 aromatic rings. The number of nitrogens with two attached hydrogens (primary N) is 1. The molecule has 1 saturated heterocycles. The summed E-state index contributed by atoms with van der Waals surface area (Å²) < 4.78 is 0. The van der Waals surface area contributed by atoms with Crippen molar-refractivity contribution in [2.24, 2.45) is 11.7 Å². The monoisotopic (exact) mass is 469 g/mol. The molecule has 0 spiro atoms. The van der Waals surface area contributed by atoms with Gasteiger partial charge in [-0.2, -0.15) is 0 Å². The number of aliphatic hydroxyl groups is 1. The summed E-state index contributed by atoms with van der Waals surface area (Å²) in [7, 11) is 0. The molecule has 0 aromatic heterocycles. The number of aliphatic hydroxyl groups excluding tert-OH is 1. The first-order chi connectivity index (χ1) is 15.5. The Labute approximate surface area is 192 Å². The Hall–Kier alpha value is -3.22. The maximum Gasteiger partial charge on any atom is 0.251 e. The van der Waals surface area contributed by atoms with Gasteiger partial charge in [-0.1, -0.05) is 13.8 Å². The van der Waals surface area contributed by atoms with Crippen LogP contribution in [0.5, 0.6) is 0 Å². The minimum atomic E-state index is -1.35. The van der Waals surface area contributed by atoms with E-state index in [1.165, 1.54) is 11.8 Å². The van der Waals surface area contributed by atoms with E-state index in [0.717, 1.165) is 0 Å². The number of amides is 5. The van der Waals surface area contributed by atoms with Crippen LogP contribution in [-0.2, 0) is 24.0 Å². The van der Waals surface area contributed by atoms with Crippen LogP contribution >= 0.6 is 0 Å². The summed E-state index contributed by atoms with van der Waals surface area (Å²) in [5, 5.41) is 26.4. The van der Waals surface area contributed by atoms with E-state index in [-0.39, 0.29) is 12.4 Å². The Morgan fingerprint density at radius 1 is 1.12 bits per heavy atom. The van der Waals surface area contributed by atoms with E-state index in [1.54, 1.807) is 13.8 Å². The van der Waals surface area contributed by atoms with Crippen molar-refractivity contribution in [2.75, 3.05) is 19.7 Å². The zero-order valence-corrected chi connectivity index (χ0v) is 19.3. The van der Waals surface area contributed by atoms with Gasteiger partial charge in [0.25, 0.3) is 5.91 Å². The van der Waals surface area contributed by atoms with Crippen molar-refractivity contribution in [3.8, 4) is 0 Å². The molecular weight excluding hydrogens is 434 g/mol. The van der Waals surface area contributed by atoms with Gasteiger partial charge in [-0.15, -0.1) is 0 Å². The van der Waals surface area contributed by atoms with Crippen molar-refractivity contribution < 1.29 is 29.1 Å². The van der Waals surface area contributed by atoms with Crippen LogP contribution in [0.3, 0.4) is 0 Å². The number of nitrogens with zero attached hydrogens (tertiary/aromatic N) is 1. The largest absolute Gasteiger partial charge is 0.394 e. The predicted molar refractivity (Wildman–Crippen MR) is 118 cm³/mol. The molecule has 0 bridgehead atoms. The summed E-state index contributed by atoms with van der Waals surface area (Å²) in [4.78, 5) is 62.8. The van der Waals surface area contributed by atoms with E-state index in [1.807, 2.05) is 0 Å². The Balaban J connectivity index is 2.83. The van der Waals surface area contributed by atoms with Crippen molar-refractivity contribution in [2.45, 2.75) is 64.6 Å². The predicted octanol–water partition coefficient (Wildman–Crippen LogP) is -2.48. The third kappa shape index (κ3) is 9.04. The lowest BCUT2D eigenvalue weighted by Crippen LogP contribution is -2.57. The van der Waals surface area contributed by atoms with Crippen molar-refractivity contribution in [3.05, 3.63) is 0 Å². The van der Waals surface area contributed by atoms with Gasteiger partial charge in [-0.05, 0) is 25.7 Å². The third-order valence-corrected chi connectivity index (χ3v) is 5.09. The van der Waals surface area contributed by atoms with Gasteiger partial charge in [0.05, 0.1) is 6.61 Å². The molecule has 0 aromatic carbocycles. The molecule has 5 amide bonds. The van der Waals surface area contributed by atoms with Crippen molar-refractivity contribution >= 4 is 35.5 Å². The van der Waals surface area contributed by atoms with E-state index in [9.17, 15) is 29.1 Å². The average molecular weight is 470 g/mol. The number of likely N-dealkylation sites (tertiary alicyclic amines) is 1. The van der Waals surface area contributed by atoms with Gasteiger partial charge >= 0.3 is 0 Å². The molecule has 8 N–H and O–H groups in total. The molecule has 0 aliphatic carbocycles. The SMILES string of the molecule is CC(=O)N[C@@H](CCCNC(=N)N)C(=O)N1CCC[C@H]1C(=O)N[C@@H](CO)C(=O)NC(=O)C(C)C. The molecule has 33 heavy (non-hydrogen) atoms. The van der Waals surface area contributed by atoms with Gasteiger partial charge in [0, 0.05) is 25.9 Å². The lowest BCUT2D eigenvalue weighted by atomic mass is 10.1. The molecule has 0 radical (unpaired) electrons. The maximum atomic E-state index is 13.1. The minimum Gasteiger partial charge on any atom is -0.394 e. The molecule has 0 unspecified atom stereocenters. The third-order valence-electron chi connectivity index (χ3n) is 5.09. The fourth-order valence-corrected chi connectivity index (χ4v) is 3.35. The molecule has 1 heterocycles. The summed E-state index contributed by atoms with van der Waals surface area (Å²) in [6.45, 7) is 4.38. The van der Waals surface area contributed by atoms with Crippen LogP contribution in [0.1, 0.15) is 46.5 Å². The number of imide groups is 1. The van der Waals surface area contributed by atoms with Crippen molar-refractivity contribution in [3.63, 3.8) is 0 Å². The quantitative estimate of drug-likeness (QED) is 0.0977. The fraction of sp³-hybridized carbons (Fsp3) is 0.700. The maximum absolute atomic E-state index is 13.1. The highest BCUT2D eigenvalue weighted by Crippen LogP contribution is 2.20.